The van der Waals surface area contributed by atoms with Gasteiger partial charge in [0.05, 0.1) is 23.1 Å². The summed E-state index contributed by atoms with van der Waals surface area (Å²) < 4.78 is 83.8. The SMILES string of the molecule is Cc1nnc2n1[C@@H]1C[C@H](c3c(OC(F)F)cccc3-2)n2c1nc1cc(F)c(-c3cnc(C4(N[S@+]([O-])C(C)(C)C)CCCC4)c(F)c3)cc12. The first kappa shape index (κ1) is 31.3. The second-order valence-electron chi connectivity index (χ2n) is 13.8. The van der Waals surface area contributed by atoms with Crippen LogP contribution in [0.15, 0.2) is 42.6 Å². The van der Waals surface area contributed by atoms with E-state index in [2.05, 4.69) is 19.9 Å². The standard InChI is InChI=1S/C34H33F4N7O2S/c1-17-41-42-30-19-8-7-9-27(47-32(37)38)28(19)25-15-26(44(17)30)31-40-23-14-21(35)20(13-24(23)45(25)31)18-12-22(36)29(39-16-18)34(10-5-6-11-34)43-48(46)33(2,3)4/h7-9,12-14,16,25-26,32,43H,5-6,10-11,15H2,1-4H3/t25-,26-,48-/m1/s1. The molecule has 250 valence electrons. The van der Waals surface area contributed by atoms with Gasteiger partial charge in [0.15, 0.2) is 5.82 Å². The summed E-state index contributed by atoms with van der Waals surface area (Å²) >= 11 is -1.46. The molecule has 0 unspecified atom stereocenters. The van der Waals surface area contributed by atoms with E-state index in [4.69, 9.17) is 9.72 Å². The summed E-state index contributed by atoms with van der Waals surface area (Å²) in [6, 6.07) is 8.30. The van der Waals surface area contributed by atoms with Crippen molar-refractivity contribution >= 4 is 22.4 Å². The van der Waals surface area contributed by atoms with Crippen LogP contribution in [0.25, 0.3) is 33.5 Å². The number of nitrogens with zero attached hydrogens (tertiary/aromatic N) is 6. The molecule has 3 aliphatic rings. The molecule has 2 aliphatic heterocycles. The molecule has 3 aromatic heterocycles. The van der Waals surface area contributed by atoms with Crippen LogP contribution in [0.2, 0.25) is 0 Å². The monoisotopic (exact) mass is 679 g/mol. The number of imidazole rings is 1. The van der Waals surface area contributed by atoms with E-state index in [1.165, 1.54) is 24.4 Å². The van der Waals surface area contributed by atoms with E-state index in [1.54, 1.807) is 18.2 Å². The van der Waals surface area contributed by atoms with Crippen LogP contribution in [0, 0.1) is 18.6 Å². The lowest BCUT2D eigenvalue weighted by molar-refractivity contribution is -0.0506. The summed E-state index contributed by atoms with van der Waals surface area (Å²) in [7, 11) is 0. The first-order valence-corrected chi connectivity index (χ1v) is 17.1. The van der Waals surface area contributed by atoms with E-state index < -0.39 is 45.9 Å². The van der Waals surface area contributed by atoms with Gasteiger partial charge in [-0.05, 0) is 58.7 Å². The van der Waals surface area contributed by atoms with E-state index in [0.717, 1.165) is 12.8 Å². The van der Waals surface area contributed by atoms with Gasteiger partial charge in [-0.3, -0.25) is 4.98 Å². The zero-order chi connectivity index (χ0) is 33.7. The lowest BCUT2D eigenvalue weighted by Crippen LogP contribution is -2.50. The Bertz CT molecular complexity index is 2090. The highest BCUT2D eigenvalue weighted by molar-refractivity contribution is 7.90. The number of fused-ring (bicyclic) bond motifs is 6. The van der Waals surface area contributed by atoms with Crippen LogP contribution in [0.1, 0.15) is 87.9 Å². The molecular formula is C34H33F4N7O2S. The third-order valence-corrected chi connectivity index (χ3v) is 11.5. The van der Waals surface area contributed by atoms with Crippen molar-refractivity contribution < 1.29 is 26.9 Å². The minimum atomic E-state index is -3.05. The van der Waals surface area contributed by atoms with Gasteiger partial charge in [-0.2, -0.15) is 8.78 Å². The van der Waals surface area contributed by atoms with Crippen molar-refractivity contribution in [1.82, 2.24) is 34.0 Å². The summed E-state index contributed by atoms with van der Waals surface area (Å²) in [4.78, 5) is 9.35. The van der Waals surface area contributed by atoms with Crippen LogP contribution < -0.4 is 9.46 Å². The molecule has 0 saturated heterocycles. The molecule has 0 spiro atoms. The third-order valence-electron chi connectivity index (χ3n) is 9.80. The number of nitrogens with one attached hydrogen (secondary N) is 1. The summed E-state index contributed by atoms with van der Waals surface area (Å²) in [5.41, 5.74) is 1.67. The molecule has 48 heavy (non-hydrogen) atoms. The zero-order valence-corrected chi connectivity index (χ0v) is 27.5. The molecule has 0 radical (unpaired) electrons. The molecule has 2 bridgehead atoms. The number of halogens is 4. The van der Waals surface area contributed by atoms with Crippen LogP contribution >= 0.6 is 0 Å². The second-order valence-corrected chi connectivity index (χ2v) is 15.8. The Hall–Kier alpha value is -4.01. The molecule has 9 nitrogen and oxygen atoms in total. The zero-order valence-electron chi connectivity index (χ0n) is 26.7. The van der Waals surface area contributed by atoms with Crippen LogP contribution in [0.4, 0.5) is 17.6 Å². The summed E-state index contributed by atoms with van der Waals surface area (Å²) in [6.07, 6.45) is 4.74. The largest absolute Gasteiger partial charge is 0.598 e. The number of rotatable bonds is 6. The molecule has 1 aliphatic carbocycles. The Morgan fingerprint density at radius 3 is 2.50 bits per heavy atom. The fourth-order valence-electron chi connectivity index (χ4n) is 7.65. The Labute approximate surface area is 277 Å². The number of aryl methyl sites for hydroxylation is 1. The van der Waals surface area contributed by atoms with E-state index in [1.807, 2.05) is 36.8 Å². The molecule has 5 aromatic rings. The van der Waals surface area contributed by atoms with Crippen LogP contribution in [0.5, 0.6) is 5.75 Å². The normalized spacial score (nSPS) is 20.1. The van der Waals surface area contributed by atoms with Gasteiger partial charge in [0.1, 0.15) is 45.0 Å². The van der Waals surface area contributed by atoms with E-state index >= 15 is 8.78 Å². The van der Waals surface area contributed by atoms with Crippen LogP contribution in [0.3, 0.4) is 0 Å². The first-order chi connectivity index (χ1) is 22.9. The maximum absolute atomic E-state index is 16.0. The molecule has 1 N–H and O–H groups in total. The van der Waals surface area contributed by atoms with Crippen molar-refractivity contribution in [2.45, 2.75) is 88.8 Å². The first-order valence-electron chi connectivity index (χ1n) is 15.9. The van der Waals surface area contributed by atoms with Crippen molar-refractivity contribution in [3.63, 3.8) is 0 Å². The van der Waals surface area contributed by atoms with Crippen LogP contribution in [-0.2, 0) is 16.9 Å². The van der Waals surface area contributed by atoms with E-state index in [-0.39, 0.29) is 28.6 Å². The van der Waals surface area contributed by atoms with Gasteiger partial charge in [-0.15, -0.1) is 14.9 Å². The molecular weight excluding hydrogens is 646 g/mol. The van der Waals surface area contributed by atoms with Crippen molar-refractivity contribution in [2.24, 2.45) is 0 Å². The Morgan fingerprint density at radius 2 is 1.79 bits per heavy atom. The highest BCUT2D eigenvalue weighted by atomic mass is 32.2. The molecule has 1 fully saturated rings. The molecule has 1 saturated carbocycles. The average Bonchev–Trinajstić information content (AvgIpc) is 3.78. The average molecular weight is 680 g/mol. The van der Waals surface area contributed by atoms with Gasteiger partial charge in [0.2, 0.25) is 0 Å². The highest BCUT2D eigenvalue weighted by Gasteiger charge is 2.46. The molecule has 5 heterocycles. The Morgan fingerprint density at radius 1 is 1.02 bits per heavy atom. The summed E-state index contributed by atoms with van der Waals surface area (Å²) in [6.45, 7) is 4.32. The van der Waals surface area contributed by atoms with Crippen molar-refractivity contribution in [3.8, 4) is 28.3 Å². The van der Waals surface area contributed by atoms with Gasteiger partial charge < -0.3 is 18.4 Å². The maximum atomic E-state index is 16.0. The number of ether oxygens (including phenoxy) is 1. The van der Waals surface area contributed by atoms with E-state index in [9.17, 15) is 13.3 Å². The number of alkyl halides is 2. The van der Waals surface area contributed by atoms with Gasteiger partial charge in [-0.1, -0.05) is 25.0 Å². The minimum absolute atomic E-state index is 0.0149. The number of hydrogen-bond donors (Lipinski definition) is 1. The van der Waals surface area contributed by atoms with Gasteiger partial charge in [0, 0.05) is 52.3 Å². The number of benzene rings is 2. The van der Waals surface area contributed by atoms with Crippen LogP contribution in [-0.4, -0.2) is 45.2 Å². The lowest BCUT2D eigenvalue weighted by atomic mass is 9.92. The Balaban J connectivity index is 1.26. The van der Waals surface area contributed by atoms with Crippen molar-refractivity contribution in [1.29, 1.82) is 0 Å². The molecule has 0 amide bonds. The van der Waals surface area contributed by atoms with Crippen molar-refractivity contribution in [2.75, 3.05) is 0 Å². The van der Waals surface area contributed by atoms with Gasteiger partial charge in [0.25, 0.3) is 0 Å². The van der Waals surface area contributed by atoms with Gasteiger partial charge in [-0.25, -0.2) is 13.8 Å². The third kappa shape index (κ3) is 4.74. The fraction of sp³-hybridized carbons (Fsp3) is 0.412. The quantitative estimate of drug-likeness (QED) is 0.149. The summed E-state index contributed by atoms with van der Waals surface area (Å²) in [5.74, 6) is 0.535. The molecule has 14 heteroatoms. The summed E-state index contributed by atoms with van der Waals surface area (Å²) in [5, 5.41) is 8.66. The predicted octanol–water partition coefficient (Wildman–Crippen LogP) is 7.26. The lowest BCUT2D eigenvalue weighted by Gasteiger charge is -2.34. The highest BCUT2D eigenvalue weighted by Crippen LogP contribution is 2.52. The fourth-order valence-corrected chi connectivity index (χ4v) is 8.61. The second kappa shape index (κ2) is 11.0. The number of aromatic nitrogens is 6. The molecule has 3 atom stereocenters. The molecule has 8 rings (SSSR count). The maximum Gasteiger partial charge on any atom is 0.387 e. The van der Waals surface area contributed by atoms with Gasteiger partial charge >= 0.3 is 6.61 Å². The molecule has 2 aromatic carbocycles. The van der Waals surface area contributed by atoms with E-state index in [0.29, 0.717) is 58.9 Å². The topological polar surface area (TPSA) is 106 Å². The predicted molar refractivity (Wildman–Crippen MR) is 172 cm³/mol. The van der Waals surface area contributed by atoms with Crippen molar-refractivity contribution in [3.05, 3.63) is 77.1 Å². The Kier molecular flexibility index (Phi) is 7.17. The smallest absolute Gasteiger partial charge is 0.387 e. The number of pyridine rings is 1. The number of hydrogen-bond acceptors (Lipinski definition) is 7. The minimum Gasteiger partial charge on any atom is -0.598 e.